The number of halogens is 12. The van der Waals surface area contributed by atoms with Gasteiger partial charge < -0.3 is 42.7 Å². The van der Waals surface area contributed by atoms with E-state index in [0.29, 0.717) is 0 Å². The van der Waals surface area contributed by atoms with E-state index in [-0.39, 0.29) is 52.0 Å². The fourth-order valence-electron chi connectivity index (χ4n) is 0.962. The normalized spacial score (nSPS) is 14.5. The quantitative estimate of drug-likeness (QED) is 0.201. The van der Waals surface area contributed by atoms with Gasteiger partial charge in [-0.15, -0.1) is 0 Å². The second-order valence-electron chi connectivity index (χ2n) is 6.55. The molecule has 0 amide bonds. The average molecular weight is 854 g/mol. The molecule has 0 unspecified atom stereocenters. The van der Waals surface area contributed by atoms with E-state index in [0.717, 1.165) is 0 Å². The second kappa shape index (κ2) is 19.7. The Morgan fingerprint density at radius 1 is 0.476 bits per heavy atom. The summed E-state index contributed by atoms with van der Waals surface area (Å²) in [7, 11) is -21.3. The van der Waals surface area contributed by atoms with Crippen molar-refractivity contribution in [2.75, 3.05) is 13.1 Å². The molecule has 0 fully saturated rings. The van der Waals surface area contributed by atoms with Crippen molar-refractivity contribution in [1.29, 1.82) is 0 Å². The van der Waals surface area contributed by atoms with Gasteiger partial charge in [0.2, 0.25) is 0 Å². The predicted molar refractivity (Wildman–Crippen MR) is 124 cm³/mol. The number of carboxylic acids is 2. The van der Waals surface area contributed by atoms with Gasteiger partial charge in [0, 0.05) is 13.1 Å². The molecule has 0 heterocycles. The van der Waals surface area contributed by atoms with Crippen LogP contribution in [-0.2, 0) is 48.5 Å². The zero-order valence-corrected chi connectivity index (χ0v) is 25.8. The zero-order chi connectivity index (χ0) is 33.0. The van der Waals surface area contributed by atoms with E-state index >= 15 is 0 Å². The van der Waals surface area contributed by atoms with Gasteiger partial charge in [-0.2, -0.15) is 0 Å². The molecule has 0 saturated carbocycles. The molecule has 8 N–H and O–H groups in total. The van der Waals surface area contributed by atoms with Gasteiger partial charge in [-0.3, -0.25) is 0 Å². The molecule has 2 aromatic rings. The minimum absolute atomic E-state index is 0. The molecule has 0 aliphatic rings. The predicted octanol–water partition coefficient (Wildman–Crippen LogP) is 4.18. The number of hydrogen-bond acceptors (Lipinski definition) is 8. The van der Waals surface area contributed by atoms with Gasteiger partial charge in [0.25, 0.3) is 0 Å². The first kappa shape index (κ1) is 53.1. The van der Waals surface area contributed by atoms with Crippen LogP contribution in [0.1, 0.15) is 0 Å². The molecule has 0 bridgehead atoms. The minimum atomic E-state index is -10.7. The van der Waals surface area contributed by atoms with Crippen LogP contribution in [0, 0.1) is 0 Å². The number of benzene rings is 2. The molecule has 2 atom stereocenters. The molecular weight excluding hydrogens is 828 g/mol. The number of carboxylic acid groups (broad SMARTS) is 2. The van der Waals surface area contributed by atoms with Crippen LogP contribution in [0.25, 0.3) is 0 Å². The number of nitrogens with two attached hydrogens (primary N) is 4. The van der Waals surface area contributed by atoms with Crippen molar-refractivity contribution < 1.29 is 109 Å². The van der Waals surface area contributed by atoms with E-state index < -0.39 is 39.6 Å². The molecule has 42 heavy (non-hydrogen) atoms. The topological polar surface area (TPSA) is 184 Å². The van der Waals surface area contributed by atoms with Crippen molar-refractivity contribution >= 4 is 27.6 Å². The van der Waals surface area contributed by atoms with E-state index in [1.807, 2.05) is 72.8 Å². The molecule has 2 rings (SSSR count). The molecular formula is C18H26F12N4O4P2Ru2+4. The van der Waals surface area contributed by atoms with Gasteiger partial charge >= 0.3 is 105 Å². The third kappa shape index (κ3) is 107. The summed E-state index contributed by atoms with van der Waals surface area (Å²) >= 11 is 0. The van der Waals surface area contributed by atoms with Crippen LogP contribution in [0.15, 0.2) is 72.8 Å². The standard InChI is InChI=1S/2C6H6.2C3H8N2O2.2F6P.2Ru/c2*1-2-4-6-5-3-1;2*4-1-2(5)3(6)7;2*1-7(2,3,4,5)6;;/h2*1-6H;2*2H,1,4-5H2,(H,6,7);;;;/q;;;;2*-1;2*+4/p-2/t;;2*2-;;;;/m..00..../s1. The number of hydrogen-bond donors (Lipinski definition) is 4. The molecule has 0 aliphatic carbocycles. The Hall–Kier alpha value is -1.51. The van der Waals surface area contributed by atoms with E-state index in [1.165, 1.54) is 0 Å². The maximum Gasteiger partial charge on any atom is 4.00 e. The Bertz CT molecular complexity index is 810. The molecule has 24 heteroatoms. The minimum Gasteiger partial charge on any atom is -0.548 e. The summed E-state index contributed by atoms with van der Waals surface area (Å²) in [4.78, 5) is 19.2. The van der Waals surface area contributed by atoms with Gasteiger partial charge in [-0.25, -0.2) is 0 Å². The van der Waals surface area contributed by atoms with Gasteiger partial charge in [0.15, 0.2) is 0 Å². The molecule has 0 aliphatic heterocycles. The monoisotopic (exact) mass is 856 g/mol. The van der Waals surface area contributed by atoms with E-state index in [4.69, 9.17) is 22.9 Å². The zero-order valence-electron chi connectivity index (χ0n) is 20.6. The Labute approximate surface area is 257 Å². The van der Waals surface area contributed by atoms with Crippen LogP contribution in [0.3, 0.4) is 0 Å². The largest absolute Gasteiger partial charge is 4.00 e. The second-order valence-corrected chi connectivity index (χ2v) is 10.4. The summed E-state index contributed by atoms with van der Waals surface area (Å²) in [5.41, 5.74) is 19.3. The summed E-state index contributed by atoms with van der Waals surface area (Å²) in [5, 5.41) is 19.2. The summed E-state index contributed by atoms with van der Waals surface area (Å²) in [6.07, 6.45) is 0. The maximum absolute atomic E-state index is 10.7. The van der Waals surface area contributed by atoms with Crippen LogP contribution in [0.2, 0.25) is 0 Å². The Balaban J connectivity index is -0.0000000917. The first-order valence-corrected chi connectivity index (χ1v) is 13.8. The number of carbonyl (C=O) groups is 2. The Kier molecular flexibility index (Phi) is 24.9. The molecule has 8 nitrogen and oxygen atoms in total. The first-order chi connectivity index (χ1) is 17.3. The van der Waals surface area contributed by atoms with E-state index in [9.17, 15) is 70.2 Å². The average Bonchev–Trinajstić information content (AvgIpc) is 2.77. The SMILES string of the molecule is F[P-](F)(F)(F)(F)F.F[P-](F)(F)(F)(F)F.NC[C@H](N)C(=O)[O-].NC[C@H](N)C(=O)[O-].[Ru+4].[Ru+4].c1ccccc1.c1ccccc1. The molecule has 0 saturated heterocycles. The molecule has 2 aromatic carbocycles. The van der Waals surface area contributed by atoms with Crippen LogP contribution >= 0.6 is 15.6 Å². The van der Waals surface area contributed by atoms with Crippen LogP contribution < -0.4 is 33.1 Å². The third-order valence-electron chi connectivity index (χ3n) is 2.45. The number of carbonyl (C=O) groups excluding carboxylic acids is 2. The van der Waals surface area contributed by atoms with Crippen molar-refractivity contribution in [1.82, 2.24) is 0 Å². The molecule has 248 valence electrons. The van der Waals surface area contributed by atoms with E-state index in [2.05, 4.69) is 0 Å². The van der Waals surface area contributed by atoms with Crippen molar-refractivity contribution in [3.8, 4) is 0 Å². The smallest absolute Gasteiger partial charge is 0.548 e. The Morgan fingerprint density at radius 2 is 0.571 bits per heavy atom. The van der Waals surface area contributed by atoms with Crippen LogP contribution in [0.4, 0.5) is 50.4 Å². The van der Waals surface area contributed by atoms with Gasteiger partial charge in [0.1, 0.15) is 0 Å². The van der Waals surface area contributed by atoms with Crippen molar-refractivity contribution in [3.05, 3.63) is 72.8 Å². The van der Waals surface area contributed by atoms with Gasteiger partial charge in [-0.05, 0) is 0 Å². The summed E-state index contributed by atoms with van der Waals surface area (Å²) in [5.74, 6) is -2.61. The van der Waals surface area contributed by atoms with Crippen molar-refractivity contribution in [2.24, 2.45) is 22.9 Å². The van der Waals surface area contributed by atoms with Gasteiger partial charge in [-0.1, -0.05) is 72.8 Å². The van der Waals surface area contributed by atoms with Crippen molar-refractivity contribution in [2.45, 2.75) is 12.1 Å². The summed E-state index contributed by atoms with van der Waals surface area (Å²) < 4.78 is 118. The van der Waals surface area contributed by atoms with Gasteiger partial charge in [0.05, 0.1) is 24.0 Å². The first-order valence-electron chi connectivity index (χ1n) is 9.72. The van der Waals surface area contributed by atoms with Crippen molar-refractivity contribution in [3.63, 3.8) is 0 Å². The summed E-state index contributed by atoms with van der Waals surface area (Å²) in [6, 6.07) is 22.0. The van der Waals surface area contributed by atoms with Crippen LogP contribution in [-0.4, -0.2) is 37.1 Å². The fourth-order valence-corrected chi connectivity index (χ4v) is 0.962. The Morgan fingerprint density at radius 3 is 0.595 bits per heavy atom. The molecule has 0 spiro atoms. The fraction of sp³-hybridized carbons (Fsp3) is 0.222. The summed E-state index contributed by atoms with van der Waals surface area (Å²) in [6.45, 7) is -0.134. The van der Waals surface area contributed by atoms with E-state index in [1.54, 1.807) is 0 Å². The maximum atomic E-state index is 9.87. The molecule has 0 radical (unpaired) electrons. The molecule has 0 aromatic heterocycles. The number of rotatable bonds is 4. The third-order valence-corrected chi connectivity index (χ3v) is 2.45. The number of aliphatic carboxylic acids is 2. The van der Waals surface area contributed by atoms with Crippen LogP contribution in [0.5, 0.6) is 0 Å².